The van der Waals surface area contributed by atoms with Crippen molar-refractivity contribution in [2.45, 2.75) is 46.6 Å². The normalized spacial score (nSPS) is 13.4. The number of aromatic nitrogens is 1. The topological polar surface area (TPSA) is 24.9 Å². The monoisotopic (exact) mass is 226 g/mol. The van der Waals surface area contributed by atoms with Gasteiger partial charge in [0.25, 0.3) is 0 Å². The first-order chi connectivity index (χ1) is 7.11. The van der Waals surface area contributed by atoms with E-state index in [2.05, 4.69) is 38.0 Å². The van der Waals surface area contributed by atoms with E-state index in [9.17, 15) is 0 Å². The van der Waals surface area contributed by atoms with E-state index in [1.807, 2.05) is 17.5 Å². The van der Waals surface area contributed by atoms with Gasteiger partial charge in [-0.1, -0.05) is 27.2 Å². The molecule has 0 aliphatic carbocycles. The van der Waals surface area contributed by atoms with Crippen LogP contribution in [0.3, 0.4) is 0 Å². The minimum atomic E-state index is 0.585. The van der Waals surface area contributed by atoms with Crippen molar-refractivity contribution in [1.82, 2.24) is 10.3 Å². The SMILES string of the molecule is CCC(CNC(C)C)Cc1cnc(C)s1. The van der Waals surface area contributed by atoms with E-state index in [0.29, 0.717) is 6.04 Å². The van der Waals surface area contributed by atoms with Crippen LogP contribution in [0.5, 0.6) is 0 Å². The molecule has 1 heterocycles. The van der Waals surface area contributed by atoms with Gasteiger partial charge in [0.1, 0.15) is 0 Å². The van der Waals surface area contributed by atoms with Crippen LogP contribution in [-0.4, -0.2) is 17.6 Å². The summed E-state index contributed by atoms with van der Waals surface area (Å²) in [4.78, 5) is 5.72. The molecule has 3 heteroatoms. The lowest BCUT2D eigenvalue weighted by Crippen LogP contribution is -2.29. The zero-order valence-electron chi connectivity index (χ0n) is 10.2. The molecule has 0 spiro atoms. The molecule has 0 radical (unpaired) electrons. The summed E-state index contributed by atoms with van der Waals surface area (Å²) in [6.45, 7) is 9.85. The van der Waals surface area contributed by atoms with Gasteiger partial charge in [0, 0.05) is 17.1 Å². The Hall–Kier alpha value is -0.410. The summed E-state index contributed by atoms with van der Waals surface area (Å²) in [5.41, 5.74) is 0. The van der Waals surface area contributed by atoms with Gasteiger partial charge in [-0.3, -0.25) is 0 Å². The van der Waals surface area contributed by atoms with E-state index in [0.717, 1.165) is 12.5 Å². The Kier molecular flexibility index (Phi) is 5.26. The van der Waals surface area contributed by atoms with Crippen LogP contribution in [0.25, 0.3) is 0 Å². The Morgan fingerprint density at radius 1 is 1.47 bits per heavy atom. The molecule has 0 amide bonds. The van der Waals surface area contributed by atoms with Crippen LogP contribution in [0.2, 0.25) is 0 Å². The van der Waals surface area contributed by atoms with E-state index in [1.54, 1.807) is 0 Å². The maximum atomic E-state index is 4.30. The first-order valence-corrected chi connectivity index (χ1v) is 6.58. The molecular formula is C12H22N2S. The highest BCUT2D eigenvalue weighted by atomic mass is 32.1. The Labute approximate surface area is 97.1 Å². The van der Waals surface area contributed by atoms with Gasteiger partial charge in [-0.05, 0) is 25.8 Å². The van der Waals surface area contributed by atoms with Crippen LogP contribution in [-0.2, 0) is 6.42 Å². The third kappa shape index (κ3) is 4.76. The van der Waals surface area contributed by atoms with Crippen molar-refractivity contribution in [3.8, 4) is 0 Å². The number of hydrogen-bond acceptors (Lipinski definition) is 3. The van der Waals surface area contributed by atoms with Gasteiger partial charge in [-0.2, -0.15) is 0 Å². The van der Waals surface area contributed by atoms with Crippen LogP contribution in [0.1, 0.15) is 37.1 Å². The van der Waals surface area contributed by atoms with Crippen LogP contribution in [0.4, 0.5) is 0 Å². The van der Waals surface area contributed by atoms with Crippen LogP contribution in [0.15, 0.2) is 6.20 Å². The van der Waals surface area contributed by atoms with Crippen molar-refractivity contribution >= 4 is 11.3 Å². The molecule has 0 aliphatic heterocycles. The van der Waals surface area contributed by atoms with Gasteiger partial charge >= 0.3 is 0 Å². The second-order valence-corrected chi connectivity index (χ2v) is 5.71. The predicted molar refractivity (Wildman–Crippen MR) is 67.5 cm³/mol. The summed E-state index contributed by atoms with van der Waals surface area (Å²) < 4.78 is 0. The van der Waals surface area contributed by atoms with Crippen molar-refractivity contribution in [3.63, 3.8) is 0 Å². The van der Waals surface area contributed by atoms with Gasteiger partial charge in [-0.25, -0.2) is 4.98 Å². The summed E-state index contributed by atoms with van der Waals surface area (Å²) in [5.74, 6) is 0.743. The molecule has 0 saturated carbocycles. The summed E-state index contributed by atoms with van der Waals surface area (Å²) in [6, 6.07) is 0.585. The largest absolute Gasteiger partial charge is 0.314 e. The van der Waals surface area contributed by atoms with E-state index < -0.39 is 0 Å². The van der Waals surface area contributed by atoms with Gasteiger partial charge in [0.15, 0.2) is 0 Å². The average molecular weight is 226 g/mol. The average Bonchev–Trinajstić information content (AvgIpc) is 2.58. The van der Waals surface area contributed by atoms with Gasteiger partial charge in [0.05, 0.1) is 5.01 Å². The highest BCUT2D eigenvalue weighted by Gasteiger charge is 2.09. The molecule has 2 nitrogen and oxygen atoms in total. The number of aryl methyl sites for hydroxylation is 1. The summed E-state index contributed by atoms with van der Waals surface area (Å²) in [7, 11) is 0. The molecule has 0 saturated heterocycles. The molecule has 1 aromatic heterocycles. The van der Waals surface area contributed by atoms with Gasteiger partial charge in [0.2, 0.25) is 0 Å². The van der Waals surface area contributed by atoms with Gasteiger partial charge in [-0.15, -0.1) is 11.3 Å². The molecule has 0 fully saturated rings. The van der Waals surface area contributed by atoms with E-state index in [4.69, 9.17) is 0 Å². The van der Waals surface area contributed by atoms with Crippen LogP contribution < -0.4 is 5.32 Å². The van der Waals surface area contributed by atoms with Crippen molar-refractivity contribution in [3.05, 3.63) is 16.1 Å². The molecule has 1 aromatic rings. The maximum absolute atomic E-state index is 4.30. The zero-order valence-corrected chi connectivity index (χ0v) is 11.0. The highest BCUT2D eigenvalue weighted by molar-refractivity contribution is 7.11. The van der Waals surface area contributed by atoms with E-state index in [-0.39, 0.29) is 0 Å². The number of thiazole rings is 1. The third-order valence-electron chi connectivity index (χ3n) is 2.55. The summed E-state index contributed by atoms with van der Waals surface area (Å²) >= 11 is 1.83. The number of nitrogens with zero attached hydrogens (tertiary/aromatic N) is 1. The fourth-order valence-electron chi connectivity index (χ4n) is 1.55. The van der Waals surface area contributed by atoms with E-state index >= 15 is 0 Å². The molecule has 15 heavy (non-hydrogen) atoms. The van der Waals surface area contributed by atoms with Crippen molar-refractivity contribution in [2.24, 2.45) is 5.92 Å². The number of rotatable bonds is 6. The van der Waals surface area contributed by atoms with Crippen LogP contribution in [0, 0.1) is 12.8 Å². The quantitative estimate of drug-likeness (QED) is 0.806. The van der Waals surface area contributed by atoms with Crippen molar-refractivity contribution in [1.29, 1.82) is 0 Å². The minimum absolute atomic E-state index is 0.585. The van der Waals surface area contributed by atoms with Crippen molar-refractivity contribution < 1.29 is 0 Å². The zero-order chi connectivity index (χ0) is 11.3. The molecule has 86 valence electrons. The number of hydrogen-bond donors (Lipinski definition) is 1. The number of nitrogens with one attached hydrogen (secondary N) is 1. The second-order valence-electron chi connectivity index (χ2n) is 4.39. The Bertz CT molecular complexity index is 281. The lowest BCUT2D eigenvalue weighted by atomic mass is 10.0. The van der Waals surface area contributed by atoms with E-state index in [1.165, 1.54) is 22.7 Å². The smallest absolute Gasteiger partial charge is 0.0896 e. The fraction of sp³-hybridized carbons (Fsp3) is 0.750. The first kappa shape index (κ1) is 12.7. The fourth-order valence-corrected chi connectivity index (χ4v) is 2.46. The Morgan fingerprint density at radius 2 is 2.20 bits per heavy atom. The predicted octanol–water partition coefficient (Wildman–Crippen LogP) is 3.02. The lowest BCUT2D eigenvalue weighted by Gasteiger charge is -2.16. The first-order valence-electron chi connectivity index (χ1n) is 5.76. The maximum Gasteiger partial charge on any atom is 0.0896 e. The molecule has 1 atom stereocenters. The molecule has 0 aliphatic rings. The molecule has 0 aromatic carbocycles. The molecule has 0 bridgehead atoms. The minimum Gasteiger partial charge on any atom is -0.314 e. The van der Waals surface area contributed by atoms with Crippen LogP contribution >= 0.6 is 11.3 Å². The highest BCUT2D eigenvalue weighted by Crippen LogP contribution is 2.17. The summed E-state index contributed by atoms with van der Waals surface area (Å²) in [5, 5.41) is 4.69. The Morgan fingerprint density at radius 3 is 2.67 bits per heavy atom. The van der Waals surface area contributed by atoms with Gasteiger partial charge < -0.3 is 5.32 Å². The summed E-state index contributed by atoms with van der Waals surface area (Å²) in [6.07, 6.45) is 4.43. The third-order valence-corrected chi connectivity index (χ3v) is 3.49. The van der Waals surface area contributed by atoms with Crippen molar-refractivity contribution in [2.75, 3.05) is 6.54 Å². The molecule has 1 unspecified atom stereocenters. The Balaban J connectivity index is 2.39. The molecule has 1 rings (SSSR count). The molecular weight excluding hydrogens is 204 g/mol. The standard InChI is InChI=1S/C12H22N2S/c1-5-11(7-13-9(2)3)6-12-8-14-10(4)15-12/h8-9,11,13H,5-7H2,1-4H3. The lowest BCUT2D eigenvalue weighted by molar-refractivity contribution is 0.438. The molecule has 1 N–H and O–H groups in total. The second kappa shape index (κ2) is 6.23.